The van der Waals surface area contributed by atoms with Crippen molar-refractivity contribution in [3.8, 4) is 0 Å². The predicted octanol–water partition coefficient (Wildman–Crippen LogP) is 3.75. The fourth-order valence-corrected chi connectivity index (χ4v) is 3.24. The molecule has 0 spiro atoms. The molecule has 1 aliphatic rings. The lowest BCUT2D eigenvalue weighted by molar-refractivity contribution is -0.168. The lowest BCUT2D eigenvalue weighted by Gasteiger charge is -2.27. The van der Waals surface area contributed by atoms with E-state index in [9.17, 15) is 23.6 Å². The van der Waals surface area contributed by atoms with Crippen LogP contribution in [-0.4, -0.2) is 33.5 Å². The van der Waals surface area contributed by atoms with Crippen molar-refractivity contribution in [2.24, 2.45) is 0 Å². The van der Waals surface area contributed by atoms with Gasteiger partial charge in [-0.2, -0.15) is 5.06 Å². The molecule has 9 heteroatoms. The first-order valence-electron chi connectivity index (χ1n) is 7.02. The third kappa shape index (κ3) is 3.12. The Kier molecular flexibility index (Phi) is 4.77. The normalized spacial score (nSPS) is 17.3. The van der Waals surface area contributed by atoms with Gasteiger partial charge in [-0.25, -0.2) is 8.78 Å². The zero-order valence-corrected chi connectivity index (χ0v) is 14.8. The minimum absolute atomic E-state index is 0.0917. The molecule has 2 aromatic carbocycles. The summed E-state index contributed by atoms with van der Waals surface area (Å²) in [4.78, 5) is 25.6. The summed E-state index contributed by atoms with van der Waals surface area (Å²) in [6, 6.07) is 7.51. The number of carbonyl (C=O) groups is 2. The van der Waals surface area contributed by atoms with Crippen molar-refractivity contribution in [2.75, 3.05) is 6.54 Å². The molecule has 0 bridgehead atoms. The molecule has 0 aromatic heterocycles. The van der Waals surface area contributed by atoms with E-state index in [4.69, 9.17) is 11.6 Å². The maximum absolute atomic E-state index is 14.0. The summed E-state index contributed by atoms with van der Waals surface area (Å²) >= 11 is 8.92. The second-order valence-corrected chi connectivity index (χ2v) is 6.58. The molecule has 3 rings (SSSR count). The van der Waals surface area contributed by atoms with E-state index in [1.165, 1.54) is 24.3 Å². The Bertz CT molecular complexity index is 860. The van der Waals surface area contributed by atoms with Crippen LogP contribution in [0.2, 0.25) is 5.02 Å². The second-order valence-electron chi connectivity index (χ2n) is 5.32. The fraction of sp³-hybridized carbons (Fsp3) is 0.125. The minimum Gasteiger partial charge on any atom is -0.302 e. The number of carbonyl (C=O) groups excluding carboxylic acids is 2. The summed E-state index contributed by atoms with van der Waals surface area (Å²) in [5.41, 5.74) is -0.138. The first-order chi connectivity index (χ1) is 11.8. The van der Waals surface area contributed by atoms with Crippen molar-refractivity contribution in [1.82, 2.24) is 9.96 Å². The molecule has 0 saturated carbocycles. The summed E-state index contributed by atoms with van der Waals surface area (Å²) in [5.74, 6) is -3.02. The van der Waals surface area contributed by atoms with Gasteiger partial charge < -0.3 is 4.90 Å². The smallest absolute Gasteiger partial charge is 0.267 e. The number of halogens is 4. The van der Waals surface area contributed by atoms with Gasteiger partial charge in [0.05, 0.1) is 15.1 Å². The summed E-state index contributed by atoms with van der Waals surface area (Å²) < 4.78 is 27.6. The van der Waals surface area contributed by atoms with Gasteiger partial charge in [0.25, 0.3) is 11.8 Å². The number of hydroxylamine groups is 2. The summed E-state index contributed by atoms with van der Waals surface area (Å²) in [6.07, 6.45) is -1.23. The van der Waals surface area contributed by atoms with E-state index in [2.05, 4.69) is 15.9 Å². The highest BCUT2D eigenvalue weighted by atomic mass is 79.9. The third-order valence-corrected chi connectivity index (χ3v) is 4.69. The molecule has 1 atom stereocenters. The number of hydrogen-bond acceptors (Lipinski definition) is 3. The topological polar surface area (TPSA) is 60.9 Å². The average molecular weight is 432 g/mol. The van der Waals surface area contributed by atoms with Crippen LogP contribution in [0.15, 0.2) is 40.9 Å². The maximum atomic E-state index is 14.0. The molecule has 5 nitrogen and oxygen atoms in total. The van der Waals surface area contributed by atoms with Crippen LogP contribution >= 0.6 is 27.5 Å². The highest BCUT2D eigenvalue weighted by molar-refractivity contribution is 9.10. The van der Waals surface area contributed by atoms with Crippen LogP contribution in [-0.2, 0) is 4.79 Å². The van der Waals surface area contributed by atoms with E-state index in [1.807, 2.05) is 0 Å². The van der Waals surface area contributed by atoms with Gasteiger partial charge in [-0.3, -0.25) is 14.8 Å². The Morgan fingerprint density at radius 2 is 1.96 bits per heavy atom. The zero-order chi connectivity index (χ0) is 18.3. The van der Waals surface area contributed by atoms with Gasteiger partial charge in [-0.15, -0.1) is 0 Å². The Hall–Kier alpha value is -2.03. The van der Waals surface area contributed by atoms with Crippen molar-refractivity contribution in [2.45, 2.75) is 6.17 Å². The van der Waals surface area contributed by atoms with Crippen molar-refractivity contribution < 1.29 is 23.6 Å². The molecule has 1 fully saturated rings. The fourth-order valence-electron chi connectivity index (χ4n) is 2.60. The highest BCUT2D eigenvalue weighted by Crippen LogP contribution is 2.34. The van der Waals surface area contributed by atoms with Crippen molar-refractivity contribution in [1.29, 1.82) is 0 Å². The molecule has 0 aliphatic carbocycles. The van der Waals surface area contributed by atoms with Gasteiger partial charge in [0.15, 0.2) is 6.17 Å². The van der Waals surface area contributed by atoms with Crippen LogP contribution in [0, 0.1) is 11.6 Å². The molecule has 1 unspecified atom stereocenters. The predicted molar refractivity (Wildman–Crippen MR) is 87.9 cm³/mol. The number of rotatable bonds is 2. The third-order valence-electron chi connectivity index (χ3n) is 3.77. The molecule has 1 aliphatic heterocycles. The molecule has 1 N–H and O–H groups in total. The molecular weight excluding hydrogens is 422 g/mol. The highest BCUT2D eigenvalue weighted by Gasteiger charge is 2.42. The molecule has 0 radical (unpaired) electrons. The van der Waals surface area contributed by atoms with E-state index < -0.39 is 41.7 Å². The first kappa shape index (κ1) is 17.8. The monoisotopic (exact) mass is 430 g/mol. The Labute approximate surface area is 154 Å². The van der Waals surface area contributed by atoms with E-state index in [0.717, 1.165) is 17.0 Å². The zero-order valence-electron chi connectivity index (χ0n) is 12.4. The number of nitrogens with zero attached hydrogens (tertiary/aromatic N) is 2. The summed E-state index contributed by atoms with van der Waals surface area (Å²) in [6.45, 7) is -0.473. The van der Waals surface area contributed by atoms with Crippen LogP contribution in [0.4, 0.5) is 8.78 Å². The average Bonchev–Trinajstić information content (AvgIpc) is 2.85. The van der Waals surface area contributed by atoms with Gasteiger partial charge in [0, 0.05) is 0 Å². The van der Waals surface area contributed by atoms with Crippen molar-refractivity contribution in [3.63, 3.8) is 0 Å². The molecule has 130 valence electrons. The Morgan fingerprint density at radius 1 is 1.24 bits per heavy atom. The molecule has 2 amide bonds. The lowest BCUT2D eigenvalue weighted by atomic mass is 10.1. The number of amides is 2. The molecule has 25 heavy (non-hydrogen) atoms. The molecule has 1 saturated heterocycles. The number of benzene rings is 2. The SMILES string of the molecule is O=C1CN(C(=O)c2c(F)cccc2Cl)C(c2ccc(F)c(Br)c2)N1O. The molecule has 2 aromatic rings. The Morgan fingerprint density at radius 3 is 2.60 bits per heavy atom. The van der Waals surface area contributed by atoms with Crippen LogP contribution in [0.3, 0.4) is 0 Å². The van der Waals surface area contributed by atoms with Gasteiger partial charge in [0.1, 0.15) is 18.2 Å². The van der Waals surface area contributed by atoms with Crippen LogP contribution < -0.4 is 0 Å². The lowest BCUT2D eigenvalue weighted by Crippen LogP contribution is -2.35. The van der Waals surface area contributed by atoms with E-state index >= 15 is 0 Å². The molecule has 1 heterocycles. The van der Waals surface area contributed by atoms with E-state index in [0.29, 0.717) is 5.06 Å². The maximum Gasteiger partial charge on any atom is 0.267 e. The van der Waals surface area contributed by atoms with Gasteiger partial charge in [0.2, 0.25) is 0 Å². The Balaban J connectivity index is 2.05. The summed E-state index contributed by atoms with van der Waals surface area (Å²) in [5, 5.41) is 10.3. The van der Waals surface area contributed by atoms with Crippen LogP contribution in [0.1, 0.15) is 22.1 Å². The molecular formula is C16H10BrClF2N2O3. The number of hydrogen-bond donors (Lipinski definition) is 1. The van der Waals surface area contributed by atoms with Gasteiger partial charge >= 0.3 is 0 Å². The van der Waals surface area contributed by atoms with Crippen molar-refractivity contribution >= 4 is 39.3 Å². The first-order valence-corrected chi connectivity index (χ1v) is 8.19. The van der Waals surface area contributed by atoms with Gasteiger partial charge in [-0.1, -0.05) is 23.7 Å². The summed E-state index contributed by atoms with van der Waals surface area (Å²) in [7, 11) is 0. The standard InChI is InChI=1S/C16H10BrClF2N2O3/c17-9-6-8(4-5-11(9)19)15-21(7-13(23)22(15)25)16(24)14-10(18)2-1-3-12(14)20/h1-6,15,25H,7H2. The minimum atomic E-state index is -1.23. The second kappa shape index (κ2) is 6.70. The van der Waals surface area contributed by atoms with Crippen LogP contribution in [0.25, 0.3) is 0 Å². The van der Waals surface area contributed by atoms with E-state index in [1.54, 1.807) is 0 Å². The largest absolute Gasteiger partial charge is 0.302 e. The van der Waals surface area contributed by atoms with Crippen LogP contribution in [0.5, 0.6) is 0 Å². The quantitative estimate of drug-likeness (QED) is 0.737. The van der Waals surface area contributed by atoms with Crippen molar-refractivity contribution in [3.05, 3.63) is 68.7 Å². The van der Waals surface area contributed by atoms with E-state index in [-0.39, 0.29) is 15.1 Å². The van der Waals surface area contributed by atoms with Gasteiger partial charge in [-0.05, 0) is 45.8 Å².